The van der Waals surface area contributed by atoms with Crippen molar-refractivity contribution in [2.45, 2.75) is 6.92 Å². The molecule has 0 aromatic heterocycles. The Morgan fingerprint density at radius 3 is 2.56 bits per heavy atom. The lowest BCUT2D eigenvalue weighted by molar-refractivity contribution is 0.101. The first-order chi connectivity index (χ1) is 8.66. The van der Waals surface area contributed by atoms with Crippen molar-refractivity contribution in [3.8, 4) is 0 Å². The Balaban J connectivity index is 2.27. The number of nitrogen functional groups attached to an aromatic ring is 1. The summed E-state index contributed by atoms with van der Waals surface area (Å²) in [4.78, 5) is 11.2. The van der Waals surface area contributed by atoms with E-state index in [9.17, 15) is 4.79 Å². The number of nitrogens with zero attached hydrogens (tertiary/aromatic N) is 2. The third kappa shape index (κ3) is 2.79. The largest absolute Gasteiger partial charge is 0.397 e. The predicted molar refractivity (Wildman–Crippen MR) is 71.5 cm³/mol. The first kappa shape index (κ1) is 12.0. The molecule has 2 rings (SSSR count). The Morgan fingerprint density at radius 1 is 1.06 bits per heavy atom. The van der Waals surface area contributed by atoms with Crippen LogP contribution in [0.4, 0.5) is 17.1 Å². The molecule has 0 saturated heterocycles. The number of azo groups is 1. The van der Waals surface area contributed by atoms with Crippen molar-refractivity contribution in [2.24, 2.45) is 10.2 Å². The van der Waals surface area contributed by atoms with Gasteiger partial charge in [0.05, 0.1) is 11.4 Å². The molecule has 0 aliphatic rings. The van der Waals surface area contributed by atoms with E-state index in [4.69, 9.17) is 5.73 Å². The Bertz CT molecular complexity index is 605. The Labute approximate surface area is 105 Å². The standard InChI is InChI=1S/C14H13N3O/c1-10(18)11-5-4-6-12(9-11)16-17-14-8-3-2-7-13(14)15/h2-9H,15H2,1H3. The fourth-order valence-corrected chi connectivity index (χ4v) is 1.48. The second-order valence-electron chi connectivity index (χ2n) is 3.87. The van der Waals surface area contributed by atoms with E-state index in [0.717, 1.165) is 0 Å². The first-order valence-electron chi connectivity index (χ1n) is 5.54. The van der Waals surface area contributed by atoms with E-state index in [2.05, 4.69) is 10.2 Å². The number of rotatable bonds is 3. The van der Waals surface area contributed by atoms with Crippen LogP contribution in [-0.4, -0.2) is 5.78 Å². The van der Waals surface area contributed by atoms with Gasteiger partial charge in [-0.3, -0.25) is 4.79 Å². The number of Topliss-reactive ketones (excluding diaryl/α,β-unsaturated/α-hetero) is 1. The fourth-order valence-electron chi connectivity index (χ4n) is 1.48. The summed E-state index contributed by atoms with van der Waals surface area (Å²) in [6.07, 6.45) is 0. The minimum atomic E-state index is 0.00581. The van der Waals surface area contributed by atoms with E-state index in [0.29, 0.717) is 22.6 Å². The van der Waals surface area contributed by atoms with E-state index in [1.165, 1.54) is 6.92 Å². The predicted octanol–water partition coefficient (Wildman–Crippen LogP) is 3.89. The van der Waals surface area contributed by atoms with Crippen LogP contribution in [0.5, 0.6) is 0 Å². The summed E-state index contributed by atoms with van der Waals surface area (Å²) in [7, 11) is 0. The third-order valence-corrected chi connectivity index (χ3v) is 2.46. The maximum Gasteiger partial charge on any atom is 0.159 e. The molecule has 2 N–H and O–H groups in total. The summed E-state index contributed by atoms with van der Waals surface area (Å²) in [5.74, 6) is 0.00581. The molecular formula is C14H13N3O. The number of carbonyl (C=O) groups excluding carboxylic acids is 1. The van der Waals surface area contributed by atoms with E-state index in [1.807, 2.05) is 12.1 Å². The average Bonchev–Trinajstić information content (AvgIpc) is 2.38. The third-order valence-electron chi connectivity index (χ3n) is 2.46. The molecule has 0 heterocycles. The molecule has 0 aliphatic carbocycles. The van der Waals surface area contributed by atoms with Crippen LogP contribution in [0.2, 0.25) is 0 Å². The normalized spacial score (nSPS) is 10.7. The molecular weight excluding hydrogens is 226 g/mol. The van der Waals surface area contributed by atoms with Gasteiger partial charge in [-0.05, 0) is 31.2 Å². The van der Waals surface area contributed by atoms with Crippen LogP contribution in [0.3, 0.4) is 0 Å². The zero-order valence-electron chi connectivity index (χ0n) is 10.00. The maximum atomic E-state index is 11.2. The maximum absolute atomic E-state index is 11.2. The molecule has 2 aromatic carbocycles. The number of benzene rings is 2. The Morgan fingerprint density at radius 2 is 1.83 bits per heavy atom. The van der Waals surface area contributed by atoms with Gasteiger partial charge >= 0.3 is 0 Å². The molecule has 0 aliphatic heterocycles. The van der Waals surface area contributed by atoms with Crippen LogP contribution in [0.15, 0.2) is 58.8 Å². The zero-order chi connectivity index (χ0) is 13.0. The van der Waals surface area contributed by atoms with Crippen LogP contribution in [0.1, 0.15) is 17.3 Å². The molecule has 0 spiro atoms. The molecule has 0 saturated carbocycles. The van der Waals surface area contributed by atoms with Gasteiger partial charge in [0.25, 0.3) is 0 Å². The Hall–Kier alpha value is -2.49. The van der Waals surface area contributed by atoms with Crippen LogP contribution in [-0.2, 0) is 0 Å². The van der Waals surface area contributed by atoms with Gasteiger partial charge < -0.3 is 5.73 Å². The van der Waals surface area contributed by atoms with Crippen molar-refractivity contribution in [3.05, 3.63) is 54.1 Å². The highest BCUT2D eigenvalue weighted by molar-refractivity contribution is 5.94. The van der Waals surface area contributed by atoms with E-state index in [-0.39, 0.29) is 5.78 Å². The van der Waals surface area contributed by atoms with Crippen molar-refractivity contribution in [1.29, 1.82) is 0 Å². The average molecular weight is 239 g/mol. The van der Waals surface area contributed by atoms with Crippen molar-refractivity contribution >= 4 is 22.8 Å². The van der Waals surface area contributed by atoms with E-state index >= 15 is 0 Å². The van der Waals surface area contributed by atoms with Crippen LogP contribution >= 0.6 is 0 Å². The number of nitrogens with two attached hydrogens (primary N) is 1. The highest BCUT2D eigenvalue weighted by Gasteiger charge is 2.00. The number of carbonyl (C=O) groups is 1. The van der Waals surface area contributed by atoms with Crippen molar-refractivity contribution in [2.75, 3.05) is 5.73 Å². The second kappa shape index (κ2) is 5.23. The summed E-state index contributed by atoms with van der Waals surface area (Å²) in [5, 5.41) is 8.14. The lowest BCUT2D eigenvalue weighted by Crippen LogP contribution is -1.89. The van der Waals surface area contributed by atoms with Gasteiger partial charge in [0.1, 0.15) is 5.69 Å². The number of hydrogen-bond acceptors (Lipinski definition) is 4. The highest BCUT2D eigenvalue weighted by Crippen LogP contribution is 2.24. The van der Waals surface area contributed by atoms with Gasteiger partial charge in [-0.2, -0.15) is 5.11 Å². The molecule has 4 heteroatoms. The van der Waals surface area contributed by atoms with E-state index in [1.54, 1.807) is 36.4 Å². The number of anilines is 1. The van der Waals surface area contributed by atoms with Gasteiger partial charge in [-0.1, -0.05) is 24.3 Å². The zero-order valence-corrected chi connectivity index (χ0v) is 10.00. The van der Waals surface area contributed by atoms with Crippen LogP contribution in [0, 0.1) is 0 Å². The molecule has 0 amide bonds. The Kier molecular flexibility index (Phi) is 3.48. The number of para-hydroxylation sites is 1. The van der Waals surface area contributed by atoms with Gasteiger partial charge in [-0.15, -0.1) is 5.11 Å². The van der Waals surface area contributed by atoms with Crippen LogP contribution in [0.25, 0.3) is 0 Å². The SMILES string of the molecule is CC(=O)c1cccc(N=Nc2ccccc2N)c1. The molecule has 0 fully saturated rings. The lowest BCUT2D eigenvalue weighted by atomic mass is 10.1. The highest BCUT2D eigenvalue weighted by atomic mass is 16.1. The monoisotopic (exact) mass is 239 g/mol. The molecule has 0 unspecified atom stereocenters. The second-order valence-corrected chi connectivity index (χ2v) is 3.87. The summed E-state index contributed by atoms with van der Waals surface area (Å²) in [6.45, 7) is 1.52. The molecule has 0 atom stereocenters. The fraction of sp³-hybridized carbons (Fsp3) is 0.0714. The number of ketones is 1. The van der Waals surface area contributed by atoms with Gasteiger partial charge in [0, 0.05) is 5.56 Å². The van der Waals surface area contributed by atoms with E-state index < -0.39 is 0 Å². The summed E-state index contributed by atoms with van der Waals surface area (Å²) >= 11 is 0. The quantitative estimate of drug-likeness (QED) is 0.501. The van der Waals surface area contributed by atoms with Gasteiger partial charge in [0.15, 0.2) is 5.78 Å². The first-order valence-corrected chi connectivity index (χ1v) is 5.54. The molecule has 90 valence electrons. The summed E-state index contributed by atoms with van der Waals surface area (Å²) in [5.41, 5.74) is 8.19. The minimum absolute atomic E-state index is 0.00581. The topological polar surface area (TPSA) is 67.8 Å². The minimum Gasteiger partial charge on any atom is -0.397 e. The molecule has 18 heavy (non-hydrogen) atoms. The lowest BCUT2D eigenvalue weighted by Gasteiger charge is -1.98. The van der Waals surface area contributed by atoms with Gasteiger partial charge in [0.2, 0.25) is 0 Å². The molecule has 4 nitrogen and oxygen atoms in total. The van der Waals surface area contributed by atoms with Crippen molar-refractivity contribution < 1.29 is 4.79 Å². The van der Waals surface area contributed by atoms with Crippen molar-refractivity contribution in [3.63, 3.8) is 0 Å². The van der Waals surface area contributed by atoms with Crippen molar-refractivity contribution in [1.82, 2.24) is 0 Å². The smallest absolute Gasteiger partial charge is 0.159 e. The molecule has 2 aromatic rings. The molecule has 0 radical (unpaired) electrons. The number of hydrogen-bond donors (Lipinski definition) is 1. The summed E-state index contributed by atoms with van der Waals surface area (Å²) < 4.78 is 0. The van der Waals surface area contributed by atoms with Crippen LogP contribution < -0.4 is 5.73 Å². The summed E-state index contributed by atoms with van der Waals surface area (Å²) in [6, 6.07) is 14.2. The molecule has 0 bridgehead atoms. The van der Waals surface area contributed by atoms with Gasteiger partial charge in [-0.25, -0.2) is 0 Å².